The second kappa shape index (κ2) is 13.6. The highest BCUT2D eigenvalue weighted by atomic mass is 32.2. The first kappa shape index (κ1) is 27.8. The maximum Gasteiger partial charge on any atom is 0.326 e. The normalized spacial score (nSPS) is 13.7. The molecule has 1 saturated carbocycles. The summed E-state index contributed by atoms with van der Waals surface area (Å²) >= 11 is 1.64. The largest absolute Gasteiger partial charge is 0.326 e. The molecule has 0 aliphatic heterocycles. The van der Waals surface area contributed by atoms with Crippen molar-refractivity contribution in [2.75, 3.05) is 16.5 Å². The zero-order valence-corrected chi connectivity index (χ0v) is 22.7. The van der Waals surface area contributed by atoms with Crippen LogP contribution in [-0.4, -0.2) is 24.2 Å². The Bertz CT molecular complexity index is 1300. The number of hydrogen-bond acceptors (Lipinski definition) is 5. The molecule has 3 aromatic carbocycles. The van der Waals surface area contributed by atoms with Gasteiger partial charge in [-0.25, -0.2) is 4.79 Å². The molecule has 10 heteroatoms. The Hall–Kier alpha value is -4.18. The number of nitrogens with zero attached hydrogens (tertiary/aromatic N) is 3. The number of nitrogens with one attached hydrogen (secondary N) is 3. The average molecular weight is 544 g/mol. The Labute approximate surface area is 232 Å². The number of rotatable bonds is 7. The van der Waals surface area contributed by atoms with Crippen LogP contribution >= 0.6 is 11.8 Å². The van der Waals surface area contributed by atoms with E-state index in [1.807, 2.05) is 42.7 Å². The summed E-state index contributed by atoms with van der Waals surface area (Å²) < 4.78 is 0. The smallest absolute Gasteiger partial charge is 0.308 e. The van der Waals surface area contributed by atoms with Gasteiger partial charge in [0.1, 0.15) is 0 Å². The van der Waals surface area contributed by atoms with Gasteiger partial charge < -0.3 is 11.2 Å². The summed E-state index contributed by atoms with van der Waals surface area (Å²) in [6.45, 7) is 0.302. The van der Waals surface area contributed by atoms with Crippen molar-refractivity contribution in [2.45, 2.75) is 49.5 Å². The van der Waals surface area contributed by atoms with Crippen LogP contribution in [0.5, 0.6) is 0 Å². The minimum atomic E-state index is -0.499. The van der Waals surface area contributed by atoms with Crippen LogP contribution in [0.15, 0.2) is 88.0 Å². The van der Waals surface area contributed by atoms with E-state index in [-0.39, 0.29) is 6.03 Å². The molecule has 5 N–H and O–H groups in total. The van der Waals surface area contributed by atoms with Crippen molar-refractivity contribution < 1.29 is 9.59 Å². The molecular weight excluding hydrogens is 510 g/mol. The van der Waals surface area contributed by atoms with Gasteiger partial charge in [-0.1, -0.05) is 53.9 Å². The molecule has 0 atom stereocenters. The minimum Gasteiger partial charge on any atom is -0.308 e. The summed E-state index contributed by atoms with van der Waals surface area (Å²) in [5, 5.41) is 19.1. The fourth-order valence-corrected chi connectivity index (χ4v) is 5.12. The van der Waals surface area contributed by atoms with E-state index in [1.165, 1.54) is 37.7 Å². The van der Waals surface area contributed by atoms with Gasteiger partial charge in [-0.05, 0) is 84.7 Å². The van der Waals surface area contributed by atoms with E-state index in [2.05, 4.69) is 33.1 Å². The molecule has 0 radical (unpaired) electrons. The van der Waals surface area contributed by atoms with Crippen molar-refractivity contribution in [3.8, 4) is 0 Å². The average Bonchev–Trinajstić information content (AvgIpc) is 2.97. The van der Waals surface area contributed by atoms with Crippen LogP contribution in [0.4, 0.5) is 16.2 Å². The zero-order valence-electron chi connectivity index (χ0n) is 21.9. The van der Waals surface area contributed by atoms with Crippen LogP contribution in [0, 0.1) is 5.41 Å². The highest BCUT2D eigenvalue weighted by molar-refractivity contribution is 7.98. The van der Waals surface area contributed by atoms with Gasteiger partial charge >= 0.3 is 6.03 Å². The van der Waals surface area contributed by atoms with Crippen molar-refractivity contribution in [2.24, 2.45) is 16.2 Å². The summed E-state index contributed by atoms with van der Waals surface area (Å²) in [4.78, 5) is 28.7. The number of benzene rings is 3. The molecule has 3 amide bonds. The van der Waals surface area contributed by atoms with Crippen molar-refractivity contribution in [1.29, 1.82) is 5.41 Å². The highest BCUT2D eigenvalue weighted by Gasteiger charge is 2.20. The standard InChI is InChI=1S/C29H33N7O2S/c1-39-26-17-13-24(14-18-26)32-29(38)36(25-15-11-22(12-16-25)21-5-3-2-4-6-21)19-20-7-9-23(10-8-20)27(37)33-28(30)34-35-31/h7-18,21H,2-6,19H2,1H3,(H,32,38)(H4,30,31,33,34,37). The van der Waals surface area contributed by atoms with Crippen LogP contribution in [0.25, 0.3) is 0 Å². The zero-order chi connectivity index (χ0) is 27.6. The second-order valence-corrected chi connectivity index (χ2v) is 10.3. The molecule has 0 unspecified atom stereocenters. The van der Waals surface area contributed by atoms with E-state index >= 15 is 0 Å². The number of hydrogen-bond donors (Lipinski definition) is 4. The summed E-state index contributed by atoms with van der Waals surface area (Å²) in [5.74, 6) is 4.55. The fourth-order valence-electron chi connectivity index (χ4n) is 4.71. The van der Waals surface area contributed by atoms with Gasteiger partial charge in [0, 0.05) is 21.8 Å². The molecule has 1 aliphatic carbocycles. The van der Waals surface area contributed by atoms with Crippen molar-refractivity contribution in [3.63, 3.8) is 0 Å². The van der Waals surface area contributed by atoms with Gasteiger partial charge in [-0.15, -0.1) is 11.8 Å². The third-order valence-electron chi connectivity index (χ3n) is 6.81. The number of carbonyl (C=O) groups excluding carboxylic acids is 2. The molecule has 3 aromatic rings. The maximum atomic E-state index is 13.5. The third-order valence-corrected chi connectivity index (χ3v) is 7.56. The maximum absolute atomic E-state index is 13.5. The SMILES string of the molecule is CSc1ccc(NC(=O)N(Cc2ccc(C(=O)NC(=N)/N=N\N)cc2)c2ccc(C3CCCCC3)cc2)cc1. The Morgan fingerprint density at radius 3 is 2.26 bits per heavy atom. The lowest BCUT2D eigenvalue weighted by Gasteiger charge is -2.26. The van der Waals surface area contributed by atoms with Crippen molar-refractivity contribution in [3.05, 3.63) is 89.5 Å². The second-order valence-electron chi connectivity index (χ2n) is 9.39. The Balaban J connectivity index is 1.53. The molecule has 39 heavy (non-hydrogen) atoms. The molecule has 0 bridgehead atoms. The van der Waals surface area contributed by atoms with Gasteiger partial charge in [0.25, 0.3) is 5.91 Å². The number of guanidine groups is 1. The number of nitrogens with two attached hydrogens (primary N) is 1. The number of thioether (sulfide) groups is 1. The molecule has 4 rings (SSSR count). The molecule has 0 spiro atoms. The van der Waals surface area contributed by atoms with E-state index < -0.39 is 11.9 Å². The van der Waals surface area contributed by atoms with Crippen LogP contribution in [0.3, 0.4) is 0 Å². The molecule has 1 aliphatic rings. The Kier molecular flexibility index (Phi) is 9.69. The molecule has 1 fully saturated rings. The fraction of sp³-hybridized carbons (Fsp3) is 0.276. The molecule has 0 heterocycles. The van der Waals surface area contributed by atoms with Crippen LogP contribution in [-0.2, 0) is 6.54 Å². The lowest BCUT2D eigenvalue weighted by molar-refractivity contribution is 0.0976. The first-order valence-electron chi connectivity index (χ1n) is 12.9. The lowest BCUT2D eigenvalue weighted by atomic mass is 9.84. The van der Waals surface area contributed by atoms with Gasteiger partial charge in [-0.2, -0.15) is 0 Å². The van der Waals surface area contributed by atoms with Gasteiger partial charge in [0.2, 0.25) is 5.96 Å². The van der Waals surface area contributed by atoms with E-state index in [4.69, 9.17) is 11.3 Å². The monoisotopic (exact) mass is 543 g/mol. The van der Waals surface area contributed by atoms with Gasteiger partial charge in [0.05, 0.1) is 6.54 Å². The van der Waals surface area contributed by atoms with E-state index in [0.717, 1.165) is 16.1 Å². The molecule has 202 valence electrons. The lowest BCUT2D eigenvalue weighted by Crippen LogP contribution is -2.34. The number of carbonyl (C=O) groups is 2. The molecule has 0 aromatic heterocycles. The quantitative estimate of drug-likeness (QED) is 0.0659. The van der Waals surface area contributed by atoms with E-state index in [0.29, 0.717) is 23.7 Å². The topological polar surface area (TPSA) is 136 Å². The minimum absolute atomic E-state index is 0.250. The predicted molar refractivity (Wildman–Crippen MR) is 156 cm³/mol. The summed E-state index contributed by atoms with van der Waals surface area (Å²) in [6, 6.07) is 22.6. The first-order valence-corrected chi connectivity index (χ1v) is 14.1. The van der Waals surface area contributed by atoms with Crippen LogP contribution in [0.2, 0.25) is 0 Å². The molecule has 0 saturated heterocycles. The molecular formula is C29H33N7O2S. The van der Waals surface area contributed by atoms with Crippen LogP contribution in [0.1, 0.15) is 59.5 Å². The number of amides is 3. The van der Waals surface area contributed by atoms with E-state index in [9.17, 15) is 9.59 Å². The Morgan fingerprint density at radius 2 is 1.64 bits per heavy atom. The third kappa shape index (κ3) is 7.67. The molecule has 9 nitrogen and oxygen atoms in total. The predicted octanol–water partition coefficient (Wildman–Crippen LogP) is 6.69. The Morgan fingerprint density at radius 1 is 0.974 bits per heavy atom. The van der Waals surface area contributed by atoms with Crippen molar-refractivity contribution in [1.82, 2.24) is 5.32 Å². The highest BCUT2D eigenvalue weighted by Crippen LogP contribution is 2.33. The summed E-state index contributed by atoms with van der Waals surface area (Å²) in [6.07, 6.45) is 8.28. The first-order chi connectivity index (χ1) is 19.0. The number of anilines is 2. The van der Waals surface area contributed by atoms with E-state index in [1.54, 1.807) is 40.9 Å². The summed E-state index contributed by atoms with van der Waals surface area (Å²) in [5.41, 5.74) is 4.01. The van der Waals surface area contributed by atoms with Gasteiger partial charge in [0.15, 0.2) is 0 Å². The number of urea groups is 1. The van der Waals surface area contributed by atoms with Crippen LogP contribution < -0.4 is 21.4 Å². The van der Waals surface area contributed by atoms with Crippen molar-refractivity contribution >= 4 is 41.0 Å². The van der Waals surface area contributed by atoms with Gasteiger partial charge in [-0.3, -0.25) is 20.4 Å². The summed E-state index contributed by atoms with van der Waals surface area (Å²) in [7, 11) is 0.